The van der Waals surface area contributed by atoms with Crippen LogP contribution in [0.2, 0.25) is 0 Å². The maximum absolute atomic E-state index is 11.4. The van der Waals surface area contributed by atoms with Gasteiger partial charge in [-0.05, 0) is 6.92 Å². The zero-order valence-corrected chi connectivity index (χ0v) is 11.4. The number of carbonyl (C=O) groups is 1. The fraction of sp³-hybridized carbons (Fsp3) is 0.667. The Morgan fingerprint density at radius 3 is 2.70 bits per heavy atom. The molecule has 1 aliphatic rings. The van der Waals surface area contributed by atoms with E-state index in [0.29, 0.717) is 11.5 Å². The van der Waals surface area contributed by atoms with Crippen molar-refractivity contribution >= 4 is 11.6 Å². The van der Waals surface area contributed by atoms with E-state index in [2.05, 4.69) is 10.3 Å². The Morgan fingerprint density at radius 2 is 2.20 bits per heavy atom. The minimum Gasteiger partial charge on any atom is -0.394 e. The van der Waals surface area contributed by atoms with Gasteiger partial charge in [0.05, 0.1) is 25.0 Å². The van der Waals surface area contributed by atoms with Gasteiger partial charge in [0.25, 0.3) is 0 Å². The number of hydrogen-bond donors (Lipinski definition) is 4. The Balaban J connectivity index is 2.33. The van der Waals surface area contributed by atoms with Crippen LogP contribution in [0.25, 0.3) is 0 Å². The number of imidazole rings is 1. The quantitative estimate of drug-likeness (QED) is 0.529. The first-order chi connectivity index (χ1) is 9.49. The number of ketones is 1. The lowest BCUT2D eigenvalue weighted by Gasteiger charge is -2.19. The van der Waals surface area contributed by atoms with E-state index < -0.39 is 31.1 Å². The van der Waals surface area contributed by atoms with Crippen LogP contribution in [-0.4, -0.2) is 62.6 Å². The predicted molar refractivity (Wildman–Crippen MR) is 69.2 cm³/mol. The van der Waals surface area contributed by atoms with Crippen molar-refractivity contribution in [1.82, 2.24) is 9.55 Å². The molecule has 0 unspecified atom stereocenters. The zero-order chi connectivity index (χ0) is 14.9. The fourth-order valence-corrected chi connectivity index (χ4v) is 2.34. The molecule has 8 heteroatoms. The summed E-state index contributed by atoms with van der Waals surface area (Å²) >= 11 is 0. The van der Waals surface area contributed by atoms with Crippen molar-refractivity contribution in [1.29, 1.82) is 0 Å². The molecule has 112 valence electrons. The van der Waals surface area contributed by atoms with Gasteiger partial charge < -0.3 is 29.9 Å². The highest BCUT2D eigenvalue weighted by atomic mass is 16.6. The standard InChI is InChI=1S/C12H19N3O5/c1-6(17)3-7-11(13-2)14-5-15(7)12-10(19)9(18)8(4-16)20-12/h5,8-10,12-13,16,18-19H,3-4H2,1-2H3/t8-,9-,10-,12-/m1/s1. The number of anilines is 1. The van der Waals surface area contributed by atoms with Gasteiger partial charge in [-0.15, -0.1) is 0 Å². The van der Waals surface area contributed by atoms with E-state index in [1.165, 1.54) is 17.8 Å². The van der Waals surface area contributed by atoms with E-state index in [-0.39, 0.29) is 12.2 Å². The summed E-state index contributed by atoms with van der Waals surface area (Å²) in [5, 5.41) is 31.7. The average molecular weight is 285 g/mol. The zero-order valence-electron chi connectivity index (χ0n) is 11.4. The van der Waals surface area contributed by atoms with E-state index in [0.717, 1.165) is 0 Å². The lowest BCUT2D eigenvalue weighted by atomic mass is 10.1. The summed E-state index contributed by atoms with van der Waals surface area (Å²) in [7, 11) is 1.67. The molecule has 1 aromatic heterocycles. The van der Waals surface area contributed by atoms with E-state index in [4.69, 9.17) is 9.84 Å². The molecule has 8 nitrogen and oxygen atoms in total. The van der Waals surface area contributed by atoms with Crippen molar-refractivity contribution in [2.75, 3.05) is 19.0 Å². The molecule has 0 spiro atoms. The average Bonchev–Trinajstić information content (AvgIpc) is 2.92. The Morgan fingerprint density at radius 1 is 1.50 bits per heavy atom. The van der Waals surface area contributed by atoms with Gasteiger partial charge in [0.2, 0.25) is 0 Å². The van der Waals surface area contributed by atoms with E-state index in [1.54, 1.807) is 7.05 Å². The lowest BCUT2D eigenvalue weighted by molar-refractivity contribution is -0.116. The van der Waals surface area contributed by atoms with E-state index in [9.17, 15) is 15.0 Å². The van der Waals surface area contributed by atoms with Crippen LogP contribution in [-0.2, 0) is 16.0 Å². The molecule has 20 heavy (non-hydrogen) atoms. The predicted octanol–water partition coefficient (Wildman–Crippen LogP) is -1.33. The number of Topliss-reactive ketones (excluding diaryl/α,β-unsaturated/α-hetero) is 1. The molecule has 0 aliphatic carbocycles. The smallest absolute Gasteiger partial charge is 0.164 e. The van der Waals surface area contributed by atoms with Crippen LogP contribution < -0.4 is 5.32 Å². The van der Waals surface area contributed by atoms with Crippen LogP contribution in [0.1, 0.15) is 18.8 Å². The first kappa shape index (κ1) is 14.9. The highest BCUT2D eigenvalue weighted by molar-refractivity contribution is 5.79. The second-order valence-electron chi connectivity index (χ2n) is 4.80. The minimum absolute atomic E-state index is 0.0602. The SMILES string of the molecule is CNc1ncn([C@@H]2O[C@H](CO)[C@@H](O)[C@H]2O)c1CC(C)=O. The number of ether oxygens (including phenoxy) is 1. The van der Waals surface area contributed by atoms with Crippen molar-refractivity contribution in [3.63, 3.8) is 0 Å². The number of hydrogen-bond acceptors (Lipinski definition) is 7. The molecule has 1 aromatic rings. The molecule has 0 bridgehead atoms. The molecule has 0 aromatic carbocycles. The Labute approximate surface area is 116 Å². The maximum Gasteiger partial charge on any atom is 0.164 e. The number of aliphatic hydroxyl groups is 3. The third-order valence-corrected chi connectivity index (χ3v) is 3.34. The molecule has 0 radical (unpaired) electrons. The van der Waals surface area contributed by atoms with E-state index in [1.807, 2.05) is 0 Å². The lowest BCUT2D eigenvalue weighted by Crippen LogP contribution is -2.33. The molecule has 1 fully saturated rings. The Hall–Kier alpha value is -1.48. The maximum atomic E-state index is 11.4. The van der Waals surface area contributed by atoms with Gasteiger partial charge in [0, 0.05) is 7.05 Å². The summed E-state index contributed by atoms with van der Waals surface area (Å²) in [6, 6.07) is 0. The van der Waals surface area contributed by atoms with Gasteiger partial charge in [-0.25, -0.2) is 4.98 Å². The molecular weight excluding hydrogens is 266 g/mol. The van der Waals surface area contributed by atoms with Crippen molar-refractivity contribution in [2.45, 2.75) is 37.9 Å². The highest BCUT2D eigenvalue weighted by Gasteiger charge is 2.44. The minimum atomic E-state index is -1.20. The van der Waals surface area contributed by atoms with Crippen LogP contribution in [0.15, 0.2) is 6.33 Å². The number of aromatic nitrogens is 2. The topological polar surface area (TPSA) is 117 Å². The monoisotopic (exact) mass is 285 g/mol. The second-order valence-corrected chi connectivity index (χ2v) is 4.80. The molecule has 0 saturated carbocycles. The normalized spacial score (nSPS) is 29.6. The largest absolute Gasteiger partial charge is 0.394 e. The number of rotatable bonds is 5. The number of aliphatic hydroxyl groups excluding tert-OH is 3. The summed E-state index contributed by atoms with van der Waals surface area (Å²) in [4.78, 5) is 15.5. The van der Waals surface area contributed by atoms with Crippen molar-refractivity contribution in [2.24, 2.45) is 0 Å². The number of nitrogens with one attached hydrogen (secondary N) is 1. The summed E-state index contributed by atoms with van der Waals surface area (Å²) < 4.78 is 6.95. The first-order valence-electron chi connectivity index (χ1n) is 6.35. The van der Waals surface area contributed by atoms with Crippen LogP contribution in [0, 0.1) is 0 Å². The second kappa shape index (κ2) is 5.88. The summed E-state index contributed by atoms with van der Waals surface area (Å²) in [5.41, 5.74) is 0.565. The van der Waals surface area contributed by atoms with Crippen LogP contribution >= 0.6 is 0 Å². The van der Waals surface area contributed by atoms with Gasteiger partial charge >= 0.3 is 0 Å². The fourth-order valence-electron chi connectivity index (χ4n) is 2.34. The molecule has 1 aliphatic heterocycles. The van der Waals surface area contributed by atoms with Crippen molar-refractivity contribution in [3.8, 4) is 0 Å². The highest BCUT2D eigenvalue weighted by Crippen LogP contribution is 2.32. The third kappa shape index (κ3) is 2.55. The van der Waals surface area contributed by atoms with Gasteiger partial charge in [0.15, 0.2) is 6.23 Å². The molecule has 0 amide bonds. The molecular formula is C12H19N3O5. The van der Waals surface area contributed by atoms with Crippen molar-refractivity contribution in [3.05, 3.63) is 12.0 Å². The third-order valence-electron chi connectivity index (χ3n) is 3.34. The van der Waals surface area contributed by atoms with Crippen LogP contribution in [0.3, 0.4) is 0 Å². The van der Waals surface area contributed by atoms with Crippen molar-refractivity contribution < 1.29 is 24.9 Å². The molecule has 1 saturated heterocycles. The summed E-state index contributed by atoms with van der Waals surface area (Å²) in [6.07, 6.45) is -2.56. The molecule has 2 rings (SSSR count). The van der Waals surface area contributed by atoms with Crippen LogP contribution in [0.4, 0.5) is 5.82 Å². The summed E-state index contributed by atoms with van der Waals surface area (Å²) in [5.74, 6) is 0.452. The molecule has 4 N–H and O–H groups in total. The van der Waals surface area contributed by atoms with Crippen LogP contribution in [0.5, 0.6) is 0 Å². The van der Waals surface area contributed by atoms with Gasteiger partial charge in [-0.2, -0.15) is 0 Å². The van der Waals surface area contributed by atoms with E-state index >= 15 is 0 Å². The Bertz CT molecular complexity index is 489. The summed E-state index contributed by atoms with van der Waals surface area (Å²) in [6.45, 7) is 1.05. The molecule has 2 heterocycles. The van der Waals surface area contributed by atoms with Gasteiger partial charge in [-0.1, -0.05) is 0 Å². The Kier molecular flexibility index (Phi) is 4.39. The first-order valence-corrected chi connectivity index (χ1v) is 6.35. The van der Waals surface area contributed by atoms with Gasteiger partial charge in [-0.3, -0.25) is 4.79 Å². The number of carbonyl (C=O) groups excluding carboxylic acids is 1. The number of nitrogens with zero attached hydrogens (tertiary/aromatic N) is 2. The van der Waals surface area contributed by atoms with Gasteiger partial charge in [0.1, 0.15) is 29.9 Å². The molecule has 4 atom stereocenters.